The largest absolute Gasteiger partial charge is 0.387 e. The third-order valence-corrected chi connectivity index (χ3v) is 3.51. The predicted molar refractivity (Wildman–Crippen MR) is 84.9 cm³/mol. The SMILES string of the molecule is OC(CNCc1cn[nH]c1-c1cccnc1)c1ccccc1. The summed E-state index contributed by atoms with van der Waals surface area (Å²) in [5.41, 5.74) is 3.91. The number of H-pyrrole nitrogens is 1. The van der Waals surface area contributed by atoms with E-state index in [-0.39, 0.29) is 0 Å². The van der Waals surface area contributed by atoms with Gasteiger partial charge in [-0.15, -0.1) is 0 Å². The number of benzene rings is 1. The first-order chi connectivity index (χ1) is 10.8. The van der Waals surface area contributed by atoms with Gasteiger partial charge in [-0.2, -0.15) is 5.10 Å². The summed E-state index contributed by atoms with van der Waals surface area (Å²) in [5.74, 6) is 0. The van der Waals surface area contributed by atoms with Crippen LogP contribution in [0.3, 0.4) is 0 Å². The van der Waals surface area contributed by atoms with Gasteiger partial charge in [0.1, 0.15) is 0 Å². The van der Waals surface area contributed by atoms with Gasteiger partial charge in [0.05, 0.1) is 18.0 Å². The van der Waals surface area contributed by atoms with Gasteiger partial charge in [-0.05, 0) is 17.7 Å². The lowest BCUT2D eigenvalue weighted by Gasteiger charge is -2.12. The molecule has 0 aliphatic carbocycles. The molecule has 2 aromatic heterocycles. The van der Waals surface area contributed by atoms with Crippen LogP contribution in [0.4, 0.5) is 0 Å². The fraction of sp³-hybridized carbons (Fsp3) is 0.176. The van der Waals surface area contributed by atoms with E-state index in [9.17, 15) is 5.11 Å². The van der Waals surface area contributed by atoms with Crippen LogP contribution in [0.2, 0.25) is 0 Å². The summed E-state index contributed by atoms with van der Waals surface area (Å²) in [5, 5.41) is 20.5. The lowest BCUT2D eigenvalue weighted by Crippen LogP contribution is -2.21. The van der Waals surface area contributed by atoms with Gasteiger partial charge in [-0.25, -0.2) is 0 Å². The molecule has 1 unspecified atom stereocenters. The molecule has 0 saturated carbocycles. The molecule has 0 aliphatic heterocycles. The van der Waals surface area contributed by atoms with Crippen LogP contribution < -0.4 is 5.32 Å². The second kappa shape index (κ2) is 6.98. The molecule has 1 aromatic carbocycles. The lowest BCUT2D eigenvalue weighted by molar-refractivity contribution is 0.174. The van der Waals surface area contributed by atoms with Gasteiger partial charge in [0, 0.05) is 36.6 Å². The van der Waals surface area contributed by atoms with Crippen molar-refractivity contribution in [3.8, 4) is 11.3 Å². The van der Waals surface area contributed by atoms with E-state index in [1.54, 1.807) is 18.6 Å². The smallest absolute Gasteiger partial charge is 0.0914 e. The molecule has 3 rings (SSSR count). The number of nitrogens with zero attached hydrogens (tertiary/aromatic N) is 2. The average molecular weight is 294 g/mol. The molecule has 3 aromatic rings. The topological polar surface area (TPSA) is 73.8 Å². The number of aromatic nitrogens is 3. The van der Waals surface area contributed by atoms with Crippen LogP contribution in [0, 0.1) is 0 Å². The minimum Gasteiger partial charge on any atom is -0.387 e. The van der Waals surface area contributed by atoms with E-state index in [1.807, 2.05) is 42.5 Å². The van der Waals surface area contributed by atoms with E-state index in [1.165, 1.54) is 0 Å². The molecule has 0 saturated heterocycles. The zero-order chi connectivity index (χ0) is 15.2. The van der Waals surface area contributed by atoms with E-state index >= 15 is 0 Å². The van der Waals surface area contributed by atoms with Crippen molar-refractivity contribution < 1.29 is 5.11 Å². The summed E-state index contributed by atoms with van der Waals surface area (Å²) in [6.07, 6.45) is 4.82. The fourth-order valence-electron chi connectivity index (χ4n) is 2.34. The van der Waals surface area contributed by atoms with E-state index in [2.05, 4.69) is 20.5 Å². The van der Waals surface area contributed by atoms with Gasteiger partial charge in [0.25, 0.3) is 0 Å². The molecule has 0 amide bonds. The van der Waals surface area contributed by atoms with Crippen LogP contribution in [0.15, 0.2) is 61.1 Å². The fourth-order valence-corrected chi connectivity index (χ4v) is 2.34. The Labute approximate surface area is 129 Å². The van der Waals surface area contributed by atoms with Gasteiger partial charge >= 0.3 is 0 Å². The Bertz CT molecular complexity index is 697. The van der Waals surface area contributed by atoms with E-state index in [0.29, 0.717) is 13.1 Å². The summed E-state index contributed by atoms with van der Waals surface area (Å²) in [7, 11) is 0. The van der Waals surface area contributed by atoms with Gasteiger partial charge in [-0.1, -0.05) is 30.3 Å². The van der Waals surface area contributed by atoms with Crippen molar-refractivity contribution in [2.75, 3.05) is 6.54 Å². The van der Waals surface area contributed by atoms with Crippen LogP contribution in [-0.4, -0.2) is 26.8 Å². The number of hydrogen-bond acceptors (Lipinski definition) is 4. The zero-order valence-electron chi connectivity index (χ0n) is 12.1. The van der Waals surface area contributed by atoms with Crippen LogP contribution in [-0.2, 0) is 6.54 Å². The Balaban J connectivity index is 1.60. The molecule has 112 valence electrons. The first kappa shape index (κ1) is 14.4. The van der Waals surface area contributed by atoms with Crippen molar-refractivity contribution in [1.82, 2.24) is 20.5 Å². The summed E-state index contributed by atoms with van der Waals surface area (Å²) < 4.78 is 0. The molecule has 3 N–H and O–H groups in total. The molecular weight excluding hydrogens is 276 g/mol. The monoisotopic (exact) mass is 294 g/mol. The summed E-state index contributed by atoms with van der Waals surface area (Å²) in [6, 6.07) is 13.5. The number of pyridine rings is 1. The number of hydrogen-bond donors (Lipinski definition) is 3. The molecule has 0 spiro atoms. The second-order valence-corrected chi connectivity index (χ2v) is 5.07. The van der Waals surface area contributed by atoms with Crippen molar-refractivity contribution in [2.45, 2.75) is 12.6 Å². The zero-order valence-corrected chi connectivity index (χ0v) is 12.1. The Kier molecular flexibility index (Phi) is 4.58. The minimum atomic E-state index is -0.519. The first-order valence-corrected chi connectivity index (χ1v) is 7.21. The molecule has 5 nitrogen and oxygen atoms in total. The molecule has 0 fully saturated rings. The number of aliphatic hydroxyl groups is 1. The van der Waals surface area contributed by atoms with Crippen molar-refractivity contribution in [3.05, 3.63) is 72.2 Å². The standard InChI is InChI=1S/C17H18N4O/c22-16(13-5-2-1-3-6-13)12-19-10-15-11-20-21-17(15)14-7-4-8-18-9-14/h1-9,11,16,19,22H,10,12H2,(H,20,21). The van der Waals surface area contributed by atoms with E-state index < -0.39 is 6.10 Å². The molecule has 22 heavy (non-hydrogen) atoms. The second-order valence-electron chi connectivity index (χ2n) is 5.07. The van der Waals surface area contributed by atoms with Crippen molar-refractivity contribution in [2.24, 2.45) is 0 Å². The normalized spacial score (nSPS) is 12.2. The molecule has 1 atom stereocenters. The average Bonchev–Trinajstić information content (AvgIpc) is 3.05. The Morgan fingerprint density at radius 3 is 2.73 bits per heavy atom. The van der Waals surface area contributed by atoms with Gasteiger partial charge in [0.15, 0.2) is 0 Å². The van der Waals surface area contributed by atoms with Crippen molar-refractivity contribution in [1.29, 1.82) is 0 Å². The van der Waals surface area contributed by atoms with Crippen LogP contribution in [0.1, 0.15) is 17.2 Å². The highest BCUT2D eigenvalue weighted by Crippen LogP contribution is 2.19. The Hall–Kier alpha value is -2.50. The van der Waals surface area contributed by atoms with Crippen molar-refractivity contribution in [3.63, 3.8) is 0 Å². The van der Waals surface area contributed by atoms with E-state index in [4.69, 9.17) is 0 Å². The van der Waals surface area contributed by atoms with Crippen LogP contribution >= 0.6 is 0 Å². The quantitative estimate of drug-likeness (QED) is 0.652. The molecule has 0 bridgehead atoms. The summed E-state index contributed by atoms with van der Waals surface area (Å²) in [4.78, 5) is 4.12. The van der Waals surface area contributed by atoms with Gasteiger partial charge in [-0.3, -0.25) is 10.1 Å². The maximum atomic E-state index is 10.1. The van der Waals surface area contributed by atoms with Crippen molar-refractivity contribution >= 4 is 0 Å². The highest BCUT2D eigenvalue weighted by Gasteiger charge is 2.09. The first-order valence-electron chi connectivity index (χ1n) is 7.21. The van der Waals surface area contributed by atoms with Gasteiger partial charge < -0.3 is 10.4 Å². The molecule has 5 heteroatoms. The highest BCUT2D eigenvalue weighted by atomic mass is 16.3. The summed E-state index contributed by atoms with van der Waals surface area (Å²) in [6.45, 7) is 1.12. The van der Waals surface area contributed by atoms with Crippen LogP contribution in [0.5, 0.6) is 0 Å². The number of nitrogens with one attached hydrogen (secondary N) is 2. The Morgan fingerprint density at radius 2 is 1.95 bits per heavy atom. The Morgan fingerprint density at radius 1 is 1.09 bits per heavy atom. The number of aliphatic hydroxyl groups excluding tert-OH is 1. The predicted octanol–water partition coefficient (Wildman–Crippen LogP) is 2.29. The maximum Gasteiger partial charge on any atom is 0.0914 e. The molecule has 0 aliphatic rings. The molecule has 2 heterocycles. The summed E-state index contributed by atoms with van der Waals surface area (Å²) >= 11 is 0. The lowest BCUT2D eigenvalue weighted by atomic mass is 10.1. The third-order valence-electron chi connectivity index (χ3n) is 3.51. The molecular formula is C17H18N4O. The highest BCUT2D eigenvalue weighted by molar-refractivity contribution is 5.61. The van der Waals surface area contributed by atoms with Crippen LogP contribution in [0.25, 0.3) is 11.3 Å². The molecule has 0 radical (unpaired) electrons. The third kappa shape index (κ3) is 3.39. The minimum absolute atomic E-state index is 0.488. The van der Waals surface area contributed by atoms with Gasteiger partial charge in [0.2, 0.25) is 0 Å². The maximum absolute atomic E-state index is 10.1. The number of aromatic amines is 1. The number of rotatable bonds is 6. The van der Waals surface area contributed by atoms with E-state index in [0.717, 1.165) is 22.4 Å².